The maximum absolute atomic E-state index is 5.78. The molecule has 3 aromatic rings. The molecule has 180 valence electrons. The van der Waals surface area contributed by atoms with Gasteiger partial charge in [0.25, 0.3) is 0 Å². The van der Waals surface area contributed by atoms with E-state index in [0.29, 0.717) is 19.6 Å². The van der Waals surface area contributed by atoms with Gasteiger partial charge in [0.05, 0.1) is 18.6 Å². The minimum atomic E-state index is 0. The van der Waals surface area contributed by atoms with E-state index >= 15 is 0 Å². The molecular weight excluding hydrogens is 533 g/mol. The van der Waals surface area contributed by atoms with Crippen LogP contribution in [-0.4, -0.2) is 51.8 Å². The quantitative estimate of drug-likeness (QED) is 0.220. The molecule has 9 nitrogen and oxygen atoms in total. The molecule has 1 fully saturated rings. The van der Waals surface area contributed by atoms with Crippen molar-refractivity contribution >= 4 is 29.9 Å². The lowest BCUT2D eigenvalue weighted by molar-refractivity contribution is 0.146. The summed E-state index contributed by atoms with van der Waals surface area (Å²) in [6.07, 6.45) is 9.82. The summed E-state index contributed by atoms with van der Waals surface area (Å²) < 4.78 is 13.3. The molecule has 1 saturated heterocycles. The van der Waals surface area contributed by atoms with E-state index in [0.717, 1.165) is 49.4 Å². The molecule has 4 heterocycles. The summed E-state index contributed by atoms with van der Waals surface area (Å²) in [5.74, 6) is 3.55. The number of nitrogens with zero attached hydrogens (tertiary/aromatic N) is 5. The fourth-order valence-corrected chi connectivity index (χ4v) is 4.08. The largest absolute Gasteiger partial charge is 0.468 e. The SMILES string of the molecule is CCc1nncn1CCNC(=NCc1ccco1)NCC(c1ccco1)N1CCCCC1.I. The molecule has 1 unspecified atom stereocenters. The Hall–Kier alpha value is -2.34. The van der Waals surface area contributed by atoms with Crippen molar-refractivity contribution in [3.8, 4) is 0 Å². The van der Waals surface area contributed by atoms with Gasteiger partial charge in [-0.2, -0.15) is 0 Å². The van der Waals surface area contributed by atoms with Crippen LogP contribution >= 0.6 is 24.0 Å². The second kappa shape index (κ2) is 13.4. The van der Waals surface area contributed by atoms with Crippen LogP contribution in [0.15, 0.2) is 56.9 Å². The first-order valence-electron chi connectivity index (χ1n) is 11.5. The molecular formula is C23H34IN7O2. The Balaban J connectivity index is 0.00000306. The predicted molar refractivity (Wildman–Crippen MR) is 138 cm³/mol. The number of nitrogens with one attached hydrogen (secondary N) is 2. The molecule has 1 aliphatic heterocycles. The van der Waals surface area contributed by atoms with E-state index in [9.17, 15) is 0 Å². The zero-order chi connectivity index (χ0) is 22.0. The Morgan fingerprint density at radius 3 is 2.67 bits per heavy atom. The van der Waals surface area contributed by atoms with Gasteiger partial charge in [-0.1, -0.05) is 13.3 Å². The molecule has 0 amide bonds. The van der Waals surface area contributed by atoms with Gasteiger partial charge in [0.2, 0.25) is 0 Å². The smallest absolute Gasteiger partial charge is 0.191 e. The predicted octanol–water partition coefficient (Wildman–Crippen LogP) is 3.61. The summed E-state index contributed by atoms with van der Waals surface area (Å²) in [7, 11) is 0. The van der Waals surface area contributed by atoms with E-state index in [1.54, 1.807) is 18.9 Å². The molecule has 0 aliphatic carbocycles. The van der Waals surface area contributed by atoms with Crippen LogP contribution in [0.5, 0.6) is 0 Å². The number of guanidine groups is 1. The number of furan rings is 2. The van der Waals surface area contributed by atoms with Gasteiger partial charge >= 0.3 is 0 Å². The minimum Gasteiger partial charge on any atom is -0.468 e. The van der Waals surface area contributed by atoms with Crippen molar-refractivity contribution in [2.24, 2.45) is 4.99 Å². The van der Waals surface area contributed by atoms with E-state index in [4.69, 9.17) is 13.8 Å². The third-order valence-electron chi connectivity index (χ3n) is 5.80. The summed E-state index contributed by atoms with van der Waals surface area (Å²) in [5.41, 5.74) is 0. The van der Waals surface area contributed by atoms with Crippen molar-refractivity contribution in [3.63, 3.8) is 0 Å². The van der Waals surface area contributed by atoms with Crippen LogP contribution in [0.25, 0.3) is 0 Å². The van der Waals surface area contributed by atoms with Crippen molar-refractivity contribution in [1.82, 2.24) is 30.3 Å². The highest BCUT2D eigenvalue weighted by molar-refractivity contribution is 14.0. The molecule has 10 heteroatoms. The van der Waals surface area contributed by atoms with Crippen molar-refractivity contribution in [3.05, 3.63) is 60.5 Å². The van der Waals surface area contributed by atoms with Crippen LogP contribution in [-0.2, 0) is 19.5 Å². The van der Waals surface area contributed by atoms with Gasteiger partial charge < -0.3 is 24.0 Å². The molecule has 0 spiro atoms. The number of likely N-dealkylation sites (tertiary alicyclic amines) is 1. The fourth-order valence-electron chi connectivity index (χ4n) is 4.08. The molecule has 1 atom stereocenters. The average molecular weight is 567 g/mol. The lowest BCUT2D eigenvalue weighted by Crippen LogP contribution is -2.45. The van der Waals surface area contributed by atoms with Crippen molar-refractivity contribution in [1.29, 1.82) is 0 Å². The van der Waals surface area contributed by atoms with Gasteiger partial charge in [-0.3, -0.25) is 4.90 Å². The minimum absolute atomic E-state index is 0. The molecule has 0 saturated carbocycles. The fraction of sp³-hybridized carbons (Fsp3) is 0.522. The standard InChI is InChI=1S/C23H33N7O2.HI/c1-2-22-28-27-18-30(22)13-10-24-23(25-16-19-8-6-14-31-19)26-17-20(21-9-7-15-32-21)29-11-4-3-5-12-29;/h6-9,14-15,18,20H,2-5,10-13,16-17H2,1H3,(H2,24,25,26);1H. The first-order valence-corrected chi connectivity index (χ1v) is 11.5. The summed E-state index contributed by atoms with van der Waals surface area (Å²) in [5, 5.41) is 15.1. The molecule has 0 bridgehead atoms. The van der Waals surface area contributed by atoms with Crippen LogP contribution in [0.4, 0.5) is 0 Å². The summed E-state index contributed by atoms with van der Waals surface area (Å²) >= 11 is 0. The monoisotopic (exact) mass is 567 g/mol. The third kappa shape index (κ3) is 7.32. The topological polar surface area (TPSA) is 96.7 Å². The normalized spacial score (nSPS) is 15.7. The van der Waals surface area contributed by atoms with Gasteiger partial charge in [-0.15, -0.1) is 34.2 Å². The highest BCUT2D eigenvalue weighted by atomic mass is 127. The second-order valence-electron chi connectivity index (χ2n) is 7.97. The van der Waals surface area contributed by atoms with Crippen LogP contribution in [0, 0.1) is 0 Å². The van der Waals surface area contributed by atoms with Crippen LogP contribution in [0.3, 0.4) is 0 Å². The highest BCUT2D eigenvalue weighted by Crippen LogP contribution is 2.24. The number of aryl methyl sites for hydroxylation is 1. The molecule has 3 aromatic heterocycles. The molecule has 33 heavy (non-hydrogen) atoms. The van der Waals surface area contributed by atoms with E-state index in [-0.39, 0.29) is 30.0 Å². The Morgan fingerprint density at radius 2 is 1.94 bits per heavy atom. The lowest BCUT2D eigenvalue weighted by atomic mass is 10.1. The molecule has 1 aliphatic rings. The van der Waals surface area contributed by atoms with E-state index in [1.807, 2.05) is 18.2 Å². The van der Waals surface area contributed by atoms with E-state index < -0.39 is 0 Å². The van der Waals surface area contributed by atoms with Crippen molar-refractivity contribution < 1.29 is 8.83 Å². The van der Waals surface area contributed by atoms with Crippen LogP contribution < -0.4 is 10.6 Å². The van der Waals surface area contributed by atoms with E-state index in [1.165, 1.54) is 19.3 Å². The number of hydrogen-bond acceptors (Lipinski definition) is 6. The Kier molecular flexibility index (Phi) is 10.3. The summed E-state index contributed by atoms with van der Waals surface area (Å²) in [4.78, 5) is 7.24. The average Bonchev–Trinajstić information content (AvgIpc) is 3.61. The zero-order valence-electron chi connectivity index (χ0n) is 19.2. The van der Waals surface area contributed by atoms with Gasteiger partial charge in [0.1, 0.15) is 30.2 Å². The molecule has 4 rings (SSSR count). The van der Waals surface area contributed by atoms with Gasteiger partial charge in [-0.25, -0.2) is 4.99 Å². The highest BCUT2D eigenvalue weighted by Gasteiger charge is 2.24. The molecule has 0 radical (unpaired) electrons. The Morgan fingerprint density at radius 1 is 1.12 bits per heavy atom. The third-order valence-corrected chi connectivity index (χ3v) is 5.80. The van der Waals surface area contributed by atoms with E-state index in [2.05, 4.69) is 43.3 Å². The number of hydrogen-bond donors (Lipinski definition) is 2. The number of halogens is 1. The maximum atomic E-state index is 5.78. The molecule has 2 N–H and O–H groups in total. The second-order valence-corrected chi connectivity index (χ2v) is 7.97. The first kappa shape index (κ1) is 25.3. The van der Waals surface area contributed by atoms with Crippen LogP contribution in [0.1, 0.15) is 49.6 Å². The van der Waals surface area contributed by atoms with Crippen molar-refractivity contribution in [2.45, 2.75) is 51.7 Å². The maximum Gasteiger partial charge on any atom is 0.191 e. The Bertz CT molecular complexity index is 934. The Labute approximate surface area is 212 Å². The lowest BCUT2D eigenvalue weighted by Gasteiger charge is -2.33. The summed E-state index contributed by atoms with van der Waals surface area (Å²) in [6.45, 7) is 6.94. The molecule has 0 aromatic carbocycles. The van der Waals surface area contributed by atoms with Crippen LogP contribution in [0.2, 0.25) is 0 Å². The van der Waals surface area contributed by atoms with Gasteiger partial charge in [0, 0.05) is 26.1 Å². The van der Waals surface area contributed by atoms with Crippen molar-refractivity contribution in [2.75, 3.05) is 26.2 Å². The van der Waals surface area contributed by atoms with Gasteiger partial charge in [-0.05, 0) is 50.2 Å². The zero-order valence-corrected chi connectivity index (χ0v) is 21.5. The number of aliphatic imine (C=N–C) groups is 1. The number of aromatic nitrogens is 3. The first-order chi connectivity index (χ1) is 15.8. The summed E-state index contributed by atoms with van der Waals surface area (Å²) in [6, 6.07) is 8.01. The number of piperidine rings is 1. The number of rotatable bonds is 10. The van der Waals surface area contributed by atoms with Gasteiger partial charge in [0.15, 0.2) is 5.96 Å².